The van der Waals surface area contributed by atoms with Crippen LogP contribution in [0.1, 0.15) is 24.8 Å². The summed E-state index contributed by atoms with van der Waals surface area (Å²) in [7, 11) is 0. The first-order valence-electron chi connectivity index (χ1n) is 4.62. The molecule has 0 radical (unpaired) electrons. The molecule has 0 aromatic heterocycles. The monoisotopic (exact) mass is 195 g/mol. The Morgan fingerprint density at radius 2 is 2.23 bits per heavy atom. The molecule has 0 aliphatic heterocycles. The van der Waals surface area contributed by atoms with Crippen LogP contribution in [-0.4, -0.2) is 12.8 Å². The summed E-state index contributed by atoms with van der Waals surface area (Å²) >= 11 is 1.79. The van der Waals surface area contributed by atoms with Gasteiger partial charge < -0.3 is 5.73 Å². The second kappa shape index (κ2) is 5.30. The van der Waals surface area contributed by atoms with Crippen molar-refractivity contribution in [1.29, 1.82) is 0 Å². The number of rotatable bonds is 4. The van der Waals surface area contributed by atoms with Gasteiger partial charge in [-0.2, -0.15) is 0 Å². The SMILES string of the molecule is CSc1cccc(C(C)CCN)c1. The molecular formula is C11H17NS. The van der Waals surface area contributed by atoms with E-state index in [0.29, 0.717) is 5.92 Å². The minimum Gasteiger partial charge on any atom is -0.330 e. The minimum absolute atomic E-state index is 0.581. The molecular weight excluding hydrogens is 178 g/mol. The standard InChI is InChI=1S/C11H17NS/c1-9(6-7-12)10-4-3-5-11(8-10)13-2/h3-5,8-9H,6-7,12H2,1-2H3. The van der Waals surface area contributed by atoms with Crippen molar-refractivity contribution < 1.29 is 0 Å². The van der Waals surface area contributed by atoms with Crippen LogP contribution < -0.4 is 5.73 Å². The van der Waals surface area contributed by atoms with Gasteiger partial charge in [0.25, 0.3) is 0 Å². The first kappa shape index (κ1) is 10.6. The van der Waals surface area contributed by atoms with Gasteiger partial charge in [0, 0.05) is 4.90 Å². The number of benzene rings is 1. The molecule has 0 aliphatic rings. The summed E-state index contributed by atoms with van der Waals surface area (Å²) in [5.74, 6) is 0.581. The molecule has 0 aliphatic carbocycles. The highest BCUT2D eigenvalue weighted by Crippen LogP contribution is 2.23. The fourth-order valence-corrected chi connectivity index (χ4v) is 1.83. The van der Waals surface area contributed by atoms with Gasteiger partial charge in [-0.1, -0.05) is 19.1 Å². The van der Waals surface area contributed by atoms with E-state index in [1.54, 1.807) is 11.8 Å². The lowest BCUT2D eigenvalue weighted by molar-refractivity contribution is 0.688. The van der Waals surface area contributed by atoms with Gasteiger partial charge >= 0.3 is 0 Å². The molecule has 13 heavy (non-hydrogen) atoms. The zero-order valence-electron chi connectivity index (χ0n) is 8.29. The van der Waals surface area contributed by atoms with E-state index in [-0.39, 0.29) is 0 Å². The van der Waals surface area contributed by atoms with E-state index in [9.17, 15) is 0 Å². The van der Waals surface area contributed by atoms with Gasteiger partial charge in [0.15, 0.2) is 0 Å². The highest BCUT2D eigenvalue weighted by molar-refractivity contribution is 7.98. The topological polar surface area (TPSA) is 26.0 Å². The predicted octanol–water partition coefficient (Wildman–Crippen LogP) is 2.86. The Kier molecular flexibility index (Phi) is 4.33. The Labute approximate surface area is 84.7 Å². The maximum Gasteiger partial charge on any atom is 0.00719 e. The van der Waals surface area contributed by atoms with E-state index in [1.165, 1.54) is 10.5 Å². The third kappa shape index (κ3) is 3.05. The third-order valence-corrected chi connectivity index (χ3v) is 2.99. The number of hydrogen-bond donors (Lipinski definition) is 1. The van der Waals surface area contributed by atoms with Gasteiger partial charge in [-0.05, 0) is 42.8 Å². The lowest BCUT2D eigenvalue weighted by atomic mass is 9.98. The van der Waals surface area contributed by atoms with Crippen molar-refractivity contribution >= 4 is 11.8 Å². The van der Waals surface area contributed by atoms with Gasteiger partial charge in [0.1, 0.15) is 0 Å². The molecule has 0 amide bonds. The molecule has 0 saturated carbocycles. The molecule has 0 saturated heterocycles. The predicted molar refractivity (Wildman–Crippen MR) is 60.3 cm³/mol. The molecule has 1 unspecified atom stereocenters. The second-order valence-corrected chi connectivity index (χ2v) is 4.13. The quantitative estimate of drug-likeness (QED) is 0.748. The van der Waals surface area contributed by atoms with Gasteiger partial charge in [0.05, 0.1) is 0 Å². The normalized spacial score (nSPS) is 12.8. The Morgan fingerprint density at radius 3 is 2.85 bits per heavy atom. The zero-order valence-corrected chi connectivity index (χ0v) is 9.10. The summed E-state index contributed by atoms with van der Waals surface area (Å²) in [6, 6.07) is 8.70. The highest BCUT2D eigenvalue weighted by atomic mass is 32.2. The van der Waals surface area contributed by atoms with E-state index in [1.807, 2.05) is 0 Å². The molecule has 0 fully saturated rings. The minimum atomic E-state index is 0.581. The van der Waals surface area contributed by atoms with Crippen molar-refractivity contribution in [2.45, 2.75) is 24.2 Å². The van der Waals surface area contributed by atoms with E-state index in [4.69, 9.17) is 5.73 Å². The second-order valence-electron chi connectivity index (χ2n) is 3.26. The Bertz CT molecular complexity index is 260. The average molecular weight is 195 g/mol. The van der Waals surface area contributed by atoms with Gasteiger partial charge in [-0.25, -0.2) is 0 Å². The lowest BCUT2D eigenvalue weighted by Crippen LogP contribution is -2.04. The molecule has 1 nitrogen and oxygen atoms in total. The van der Waals surface area contributed by atoms with E-state index in [0.717, 1.165) is 13.0 Å². The molecule has 0 bridgehead atoms. The number of nitrogens with two attached hydrogens (primary N) is 1. The van der Waals surface area contributed by atoms with Crippen LogP contribution >= 0.6 is 11.8 Å². The summed E-state index contributed by atoms with van der Waals surface area (Å²) < 4.78 is 0. The largest absolute Gasteiger partial charge is 0.330 e. The first-order chi connectivity index (χ1) is 6.27. The molecule has 72 valence electrons. The summed E-state index contributed by atoms with van der Waals surface area (Å²) in [6.45, 7) is 3.00. The van der Waals surface area contributed by atoms with Crippen molar-refractivity contribution in [1.82, 2.24) is 0 Å². The molecule has 2 heteroatoms. The van der Waals surface area contributed by atoms with E-state index in [2.05, 4.69) is 37.4 Å². The van der Waals surface area contributed by atoms with Crippen molar-refractivity contribution in [3.8, 4) is 0 Å². The molecule has 1 atom stereocenters. The Morgan fingerprint density at radius 1 is 1.46 bits per heavy atom. The fourth-order valence-electron chi connectivity index (χ4n) is 1.36. The smallest absolute Gasteiger partial charge is 0.00719 e. The first-order valence-corrected chi connectivity index (χ1v) is 5.84. The molecule has 2 N–H and O–H groups in total. The number of thioether (sulfide) groups is 1. The van der Waals surface area contributed by atoms with Gasteiger partial charge in [0.2, 0.25) is 0 Å². The zero-order chi connectivity index (χ0) is 9.68. The molecule has 1 aromatic carbocycles. The maximum absolute atomic E-state index is 5.53. The summed E-state index contributed by atoms with van der Waals surface area (Å²) in [5, 5.41) is 0. The van der Waals surface area contributed by atoms with E-state index >= 15 is 0 Å². The Balaban J connectivity index is 2.75. The van der Waals surface area contributed by atoms with Crippen LogP contribution in [0.3, 0.4) is 0 Å². The van der Waals surface area contributed by atoms with Crippen LogP contribution in [0.5, 0.6) is 0 Å². The highest BCUT2D eigenvalue weighted by Gasteiger charge is 2.04. The van der Waals surface area contributed by atoms with Crippen LogP contribution in [-0.2, 0) is 0 Å². The molecule has 1 rings (SSSR count). The summed E-state index contributed by atoms with van der Waals surface area (Å²) in [6.07, 6.45) is 3.17. The van der Waals surface area contributed by atoms with Crippen molar-refractivity contribution in [2.75, 3.05) is 12.8 Å². The van der Waals surface area contributed by atoms with Crippen molar-refractivity contribution in [3.05, 3.63) is 29.8 Å². The Hall–Kier alpha value is -0.470. The maximum atomic E-state index is 5.53. The third-order valence-electron chi connectivity index (χ3n) is 2.26. The molecule has 0 heterocycles. The van der Waals surface area contributed by atoms with Gasteiger partial charge in [-0.15, -0.1) is 11.8 Å². The van der Waals surface area contributed by atoms with Gasteiger partial charge in [-0.3, -0.25) is 0 Å². The van der Waals surface area contributed by atoms with Crippen molar-refractivity contribution in [2.24, 2.45) is 5.73 Å². The van der Waals surface area contributed by atoms with Crippen LogP contribution in [0.25, 0.3) is 0 Å². The van der Waals surface area contributed by atoms with Crippen LogP contribution in [0.4, 0.5) is 0 Å². The summed E-state index contributed by atoms with van der Waals surface area (Å²) in [4.78, 5) is 1.33. The number of hydrogen-bond acceptors (Lipinski definition) is 2. The molecule has 1 aromatic rings. The fraction of sp³-hybridized carbons (Fsp3) is 0.455. The molecule has 0 spiro atoms. The lowest BCUT2D eigenvalue weighted by Gasteiger charge is -2.10. The van der Waals surface area contributed by atoms with Crippen LogP contribution in [0.2, 0.25) is 0 Å². The van der Waals surface area contributed by atoms with Crippen LogP contribution in [0, 0.1) is 0 Å². The average Bonchev–Trinajstić information content (AvgIpc) is 2.18. The van der Waals surface area contributed by atoms with E-state index < -0.39 is 0 Å². The summed E-state index contributed by atoms with van der Waals surface area (Å²) in [5.41, 5.74) is 6.93. The van der Waals surface area contributed by atoms with Crippen LogP contribution in [0.15, 0.2) is 29.2 Å². The van der Waals surface area contributed by atoms with Crippen molar-refractivity contribution in [3.63, 3.8) is 0 Å².